The number of anilines is 1. The summed E-state index contributed by atoms with van der Waals surface area (Å²) in [5.74, 6) is 0.405. The molecule has 0 saturated carbocycles. The maximum Gasteiger partial charge on any atom is 0.262 e. The molecule has 0 spiro atoms. The SMILES string of the molecule is CCOc1c(Br)cc(Cl)cc1NS(=O)(=O)c1ccc(C)cc1. The molecule has 118 valence electrons. The monoisotopic (exact) mass is 403 g/mol. The van der Waals surface area contributed by atoms with Crippen LogP contribution in [-0.2, 0) is 10.0 Å². The molecular weight excluding hydrogens is 390 g/mol. The summed E-state index contributed by atoms with van der Waals surface area (Å²) in [5, 5.41) is 0.400. The second kappa shape index (κ2) is 6.89. The second-order valence-electron chi connectivity index (χ2n) is 4.62. The van der Waals surface area contributed by atoms with Crippen LogP contribution in [0.4, 0.5) is 5.69 Å². The predicted octanol–water partition coefficient (Wildman–Crippen LogP) is 4.61. The summed E-state index contributed by atoms with van der Waals surface area (Å²) < 4.78 is 33.5. The van der Waals surface area contributed by atoms with Gasteiger partial charge in [-0.2, -0.15) is 0 Å². The minimum absolute atomic E-state index is 0.177. The Morgan fingerprint density at radius 3 is 2.45 bits per heavy atom. The standard InChI is InChI=1S/C15H15BrClNO3S/c1-3-21-15-13(16)8-11(17)9-14(15)18-22(19,20)12-6-4-10(2)5-7-12/h4-9,18H,3H2,1-2H3. The van der Waals surface area contributed by atoms with Crippen LogP contribution in [0.1, 0.15) is 12.5 Å². The normalized spacial score (nSPS) is 11.3. The zero-order valence-corrected chi connectivity index (χ0v) is 15.2. The van der Waals surface area contributed by atoms with E-state index in [1.807, 2.05) is 13.8 Å². The van der Waals surface area contributed by atoms with Crippen LogP contribution in [-0.4, -0.2) is 15.0 Å². The van der Waals surface area contributed by atoms with Crippen molar-refractivity contribution < 1.29 is 13.2 Å². The van der Waals surface area contributed by atoms with E-state index in [9.17, 15) is 8.42 Å². The number of sulfonamides is 1. The Morgan fingerprint density at radius 2 is 1.86 bits per heavy atom. The van der Waals surface area contributed by atoms with Crippen molar-refractivity contribution in [2.24, 2.45) is 0 Å². The Balaban J connectivity index is 2.43. The number of aryl methyl sites for hydroxylation is 1. The third-order valence-electron chi connectivity index (χ3n) is 2.87. The van der Waals surface area contributed by atoms with Gasteiger partial charge in [0, 0.05) is 5.02 Å². The average Bonchev–Trinajstić information content (AvgIpc) is 2.42. The molecule has 22 heavy (non-hydrogen) atoms. The highest BCUT2D eigenvalue weighted by atomic mass is 79.9. The maximum absolute atomic E-state index is 12.5. The fourth-order valence-corrected chi connectivity index (χ4v) is 3.83. The molecular formula is C15H15BrClNO3S. The molecule has 0 atom stereocenters. The molecule has 0 aliphatic carbocycles. The molecule has 0 bridgehead atoms. The van der Waals surface area contributed by atoms with E-state index in [2.05, 4.69) is 20.7 Å². The van der Waals surface area contributed by atoms with E-state index in [1.54, 1.807) is 30.3 Å². The van der Waals surface area contributed by atoms with Gasteiger partial charge in [-0.05, 0) is 54.0 Å². The van der Waals surface area contributed by atoms with E-state index in [0.29, 0.717) is 27.5 Å². The lowest BCUT2D eigenvalue weighted by Gasteiger charge is -2.15. The van der Waals surface area contributed by atoms with E-state index in [-0.39, 0.29) is 4.90 Å². The molecule has 0 fully saturated rings. The van der Waals surface area contributed by atoms with E-state index in [1.165, 1.54) is 6.07 Å². The number of hydrogen-bond acceptors (Lipinski definition) is 3. The minimum atomic E-state index is -3.71. The highest BCUT2D eigenvalue weighted by Crippen LogP contribution is 2.37. The molecule has 0 saturated heterocycles. The van der Waals surface area contributed by atoms with E-state index in [0.717, 1.165) is 5.56 Å². The molecule has 0 aliphatic rings. The van der Waals surface area contributed by atoms with Crippen LogP contribution in [0.2, 0.25) is 5.02 Å². The lowest BCUT2D eigenvalue weighted by Crippen LogP contribution is -2.14. The highest BCUT2D eigenvalue weighted by molar-refractivity contribution is 9.10. The maximum atomic E-state index is 12.5. The Labute approximate surface area is 143 Å². The zero-order valence-electron chi connectivity index (χ0n) is 12.1. The third kappa shape index (κ3) is 3.94. The number of ether oxygens (including phenoxy) is 1. The summed E-state index contributed by atoms with van der Waals surface area (Å²) in [6, 6.07) is 9.76. The van der Waals surface area contributed by atoms with Gasteiger partial charge in [0.15, 0.2) is 5.75 Å². The smallest absolute Gasteiger partial charge is 0.262 e. The van der Waals surface area contributed by atoms with Gasteiger partial charge in [0.05, 0.1) is 21.7 Å². The molecule has 0 heterocycles. The fraction of sp³-hybridized carbons (Fsp3) is 0.200. The minimum Gasteiger partial charge on any atom is -0.490 e. The summed E-state index contributed by atoms with van der Waals surface area (Å²) in [5.41, 5.74) is 1.28. The van der Waals surface area contributed by atoms with Gasteiger partial charge in [0.25, 0.3) is 10.0 Å². The van der Waals surface area contributed by atoms with Crippen molar-refractivity contribution in [1.29, 1.82) is 0 Å². The summed E-state index contributed by atoms with van der Waals surface area (Å²) >= 11 is 9.33. The molecule has 7 heteroatoms. The second-order valence-corrected chi connectivity index (χ2v) is 7.59. The van der Waals surface area contributed by atoms with Crippen LogP contribution in [0.25, 0.3) is 0 Å². The molecule has 0 unspecified atom stereocenters. The molecule has 2 aromatic carbocycles. The first-order chi connectivity index (χ1) is 10.3. The molecule has 0 radical (unpaired) electrons. The summed E-state index contributed by atoms with van der Waals surface area (Å²) in [6.07, 6.45) is 0. The first-order valence-corrected chi connectivity index (χ1v) is 9.20. The van der Waals surface area contributed by atoms with Gasteiger partial charge in [-0.1, -0.05) is 29.3 Å². The molecule has 4 nitrogen and oxygen atoms in total. The Kier molecular flexibility index (Phi) is 5.36. The van der Waals surface area contributed by atoms with Gasteiger partial charge in [-0.3, -0.25) is 4.72 Å². The topological polar surface area (TPSA) is 55.4 Å². The molecule has 0 aliphatic heterocycles. The molecule has 0 amide bonds. The number of hydrogen-bond donors (Lipinski definition) is 1. The molecule has 1 N–H and O–H groups in total. The molecule has 0 aromatic heterocycles. The van der Waals surface area contributed by atoms with Crippen LogP contribution < -0.4 is 9.46 Å². The van der Waals surface area contributed by atoms with Crippen LogP contribution in [0, 0.1) is 6.92 Å². The number of rotatable bonds is 5. The van der Waals surface area contributed by atoms with E-state index < -0.39 is 10.0 Å². The first kappa shape index (κ1) is 17.1. The molecule has 2 aromatic rings. The lowest BCUT2D eigenvalue weighted by molar-refractivity contribution is 0.340. The average molecular weight is 405 g/mol. The Morgan fingerprint density at radius 1 is 1.23 bits per heavy atom. The summed E-state index contributed by atoms with van der Waals surface area (Å²) in [4.78, 5) is 0.177. The third-order valence-corrected chi connectivity index (χ3v) is 5.06. The van der Waals surface area contributed by atoms with Crippen molar-refractivity contribution >= 4 is 43.2 Å². The summed E-state index contributed by atoms with van der Waals surface area (Å²) in [6.45, 7) is 4.11. The van der Waals surface area contributed by atoms with Crippen LogP contribution in [0.15, 0.2) is 45.8 Å². The number of halogens is 2. The van der Waals surface area contributed by atoms with Gasteiger partial charge in [0.2, 0.25) is 0 Å². The van der Waals surface area contributed by atoms with Crippen molar-refractivity contribution in [2.75, 3.05) is 11.3 Å². The Hall–Kier alpha value is -1.24. The summed E-state index contributed by atoms with van der Waals surface area (Å²) in [7, 11) is -3.71. The van der Waals surface area contributed by atoms with Gasteiger partial charge < -0.3 is 4.74 Å². The highest BCUT2D eigenvalue weighted by Gasteiger charge is 2.18. The van der Waals surface area contributed by atoms with E-state index in [4.69, 9.17) is 16.3 Å². The van der Waals surface area contributed by atoms with Gasteiger partial charge in [0.1, 0.15) is 0 Å². The van der Waals surface area contributed by atoms with Crippen LogP contribution in [0.5, 0.6) is 5.75 Å². The quantitative estimate of drug-likeness (QED) is 0.791. The largest absolute Gasteiger partial charge is 0.490 e. The first-order valence-electron chi connectivity index (χ1n) is 6.55. The van der Waals surface area contributed by atoms with Gasteiger partial charge in [-0.15, -0.1) is 0 Å². The van der Waals surface area contributed by atoms with Crippen molar-refractivity contribution in [1.82, 2.24) is 0 Å². The fourth-order valence-electron chi connectivity index (χ4n) is 1.85. The van der Waals surface area contributed by atoms with Gasteiger partial charge in [-0.25, -0.2) is 8.42 Å². The van der Waals surface area contributed by atoms with Crippen molar-refractivity contribution in [3.05, 3.63) is 51.5 Å². The Bertz CT molecular complexity index is 776. The van der Waals surface area contributed by atoms with Crippen LogP contribution >= 0.6 is 27.5 Å². The number of benzene rings is 2. The number of nitrogens with one attached hydrogen (secondary N) is 1. The zero-order chi connectivity index (χ0) is 16.3. The van der Waals surface area contributed by atoms with Gasteiger partial charge >= 0.3 is 0 Å². The van der Waals surface area contributed by atoms with Crippen molar-refractivity contribution in [2.45, 2.75) is 18.7 Å². The van der Waals surface area contributed by atoms with Crippen molar-refractivity contribution in [3.8, 4) is 5.75 Å². The van der Waals surface area contributed by atoms with Crippen LogP contribution in [0.3, 0.4) is 0 Å². The molecule has 2 rings (SSSR count). The van der Waals surface area contributed by atoms with E-state index >= 15 is 0 Å². The predicted molar refractivity (Wildman–Crippen MR) is 92.3 cm³/mol. The van der Waals surface area contributed by atoms with Crippen molar-refractivity contribution in [3.63, 3.8) is 0 Å². The lowest BCUT2D eigenvalue weighted by atomic mass is 10.2.